The number of nitrogens with zero attached hydrogens (tertiary/aromatic N) is 1. The predicted octanol–water partition coefficient (Wildman–Crippen LogP) is 1.75. The van der Waals surface area contributed by atoms with Gasteiger partial charge in [-0.2, -0.15) is 0 Å². The molecule has 1 aliphatic rings. The number of nitro benzene ring substituents is 1. The van der Waals surface area contributed by atoms with E-state index in [0.717, 1.165) is 32.5 Å². The van der Waals surface area contributed by atoms with Crippen LogP contribution in [0.5, 0.6) is 5.75 Å². The number of hydrogen-bond donors (Lipinski definition) is 1. The fourth-order valence-corrected chi connectivity index (χ4v) is 3.18. The van der Waals surface area contributed by atoms with Crippen LogP contribution in [0.3, 0.4) is 0 Å². The van der Waals surface area contributed by atoms with Crippen molar-refractivity contribution < 1.29 is 19.3 Å². The van der Waals surface area contributed by atoms with Gasteiger partial charge in [-0.05, 0) is 45.7 Å². The van der Waals surface area contributed by atoms with Crippen molar-refractivity contribution in [3.05, 3.63) is 33.9 Å². The molecule has 0 radical (unpaired) electrons. The molecule has 0 saturated carbocycles. The smallest absolute Gasteiger partial charge is 0.272 e. The van der Waals surface area contributed by atoms with Gasteiger partial charge in [0.05, 0.1) is 18.1 Å². The molecule has 6 heteroatoms. The van der Waals surface area contributed by atoms with Crippen molar-refractivity contribution in [2.24, 2.45) is 0 Å². The Morgan fingerprint density at radius 2 is 2.00 bits per heavy atom. The molecular weight excluding hydrogens is 296 g/mol. The van der Waals surface area contributed by atoms with E-state index in [-0.39, 0.29) is 10.6 Å². The summed E-state index contributed by atoms with van der Waals surface area (Å²) in [5, 5.41) is 10.8. The molecule has 23 heavy (non-hydrogen) atoms. The Kier molecular flexibility index (Phi) is 6.36. The van der Waals surface area contributed by atoms with Crippen LogP contribution in [-0.4, -0.2) is 43.4 Å². The minimum atomic E-state index is -0.369. The SMILES string of the molecule is Cc1cc(OCCCC[NH+]2C[C@@H](C)O[C@@H](C)C2)ccc1[N+](=O)[O-]. The third-order valence-corrected chi connectivity index (χ3v) is 4.18. The van der Waals surface area contributed by atoms with Crippen LogP contribution in [0.4, 0.5) is 5.69 Å². The van der Waals surface area contributed by atoms with Crippen molar-refractivity contribution in [3.8, 4) is 5.75 Å². The Morgan fingerprint density at radius 3 is 2.61 bits per heavy atom. The molecule has 3 atom stereocenters. The predicted molar refractivity (Wildman–Crippen MR) is 88.1 cm³/mol. The lowest BCUT2D eigenvalue weighted by Crippen LogP contribution is -3.15. The molecule has 1 heterocycles. The molecule has 128 valence electrons. The molecule has 1 fully saturated rings. The second-order valence-electron chi connectivity index (χ2n) is 6.43. The highest BCUT2D eigenvalue weighted by Crippen LogP contribution is 2.23. The lowest BCUT2D eigenvalue weighted by atomic mass is 10.2. The van der Waals surface area contributed by atoms with Gasteiger partial charge < -0.3 is 14.4 Å². The first-order valence-corrected chi connectivity index (χ1v) is 8.32. The van der Waals surface area contributed by atoms with E-state index in [1.165, 1.54) is 6.07 Å². The van der Waals surface area contributed by atoms with Crippen LogP contribution in [0.1, 0.15) is 32.3 Å². The number of morpholine rings is 1. The van der Waals surface area contributed by atoms with E-state index in [2.05, 4.69) is 13.8 Å². The number of nitro groups is 1. The summed E-state index contributed by atoms with van der Waals surface area (Å²) in [5.41, 5.74) is 0.768. The maximum atomic E-state index is 10.8. The first-order chi connectivity index (χ1) is 11.0. The van der Waals surface area contributed by atoms with Gasteiger partial charge in [0.1, 0.15) is 31.0 Å². The Balaban J connectivity index is 1.67. The van der Waals surface area contributed by atoms with Crippen LogP contribution in [0.25, 0.3) is 0 Å². The summed E-state index contributed by atoms with van der Waals surface area (Å²) in [6.07, 6.45) is 2.78. The fraction of sp³-hybridized carbons (Fsp3) is 0.647. The van der Waals surface area contributed by atoms with Gasteiger partial charge in [-0.15, -0.1) is 0 Å². The number of ether oxygens (including phenoxy) is 2. The summed E-state index contributed by atoms with van der Waals surface area (Å²) in [4.78, 5) is 12.0. The van der Waals surface area contributed by atoms with Crippen LogP contribution in [-0.2, 0) is 4.74 Å². The summed E-state index contributed by atoms with van der Waals surface area (Å²) >= 11 is 0. The average molecular weight is 323 g/mol. The van der Waals surface area contributed by atoms with Gasteiger partial charge in [-0.1, -0.05) is 0 Å². The summed E-state index contributed by atoms with van der Waals surface area (Å²) < 4.78 is 11.4. The van der Waals surface area contributed by atoms with Gasteiger partial charge >= 0.3 is 0 Å². The molecule has 1 unspecified atom stereocenters. The molecule has 0 spiro atoms. The van der Waals surface area contributed by atoms with Gasteiger partial charge in [-0.3, -0.25) is 10.1 Å². The summed E-state index contributed by atoms with van der Waals surface area (Å²) in [7, 11) is 0. The first kappa shape index (κ1) is 17.7. The summed E-state index contributed by atoms with van der Waals surface area (Å²) in [5.74, 6) is 0.703. The fourth-order valence-electron chi connectivity index (χ4n) is 3.18. The number of rotatable bonds is 7. The minimum absolute atomic E-state index is 0.136. The number of aryl methyl sites for hydroxylation is 1. The summed E-state index contributed by atoms with van der Waals surface area (Å²) in [6.45, 7) is 9.94. The van der Waals surface area contributed by atoms with Gasteiger partial charge in [0.2, 0.25) is 0 Å². The van der Waals surface area contributed by atoms with Crippen LogP contribution in [0.15, 0.2) is 18.2 Å². The van der Waals surface area contributed by atoms with E-state index in [0.29, 0.717) is 30.1 Å². The lowest BCUT2D eigenvalue weighted by molar-refractivity contribution is -0.915. The summed E-state index contributed by atoms with van der Waals surface area (Å²) in [6, 6.07) is 4.90. The highest BCUT2D eigenvalue weighted by molar-refractivity contribution is 5.44. The molecule has 6 nitrogen and oxygen atoms in total. The van der Waals surface area contributed by atoms with Crippen LogP contribution in [0, 0.1) is 17.0 Å². The molecule has 1 saturated heterocycles. The van der Waals surface area contributed by atoms with Crippen LogP contribution < -0.4 is 9.64 Å². The largest absolute Gasteiger partial charge is 0.494 e. The van der Waals surface area contributed by atoms with Gasteiger partial charge in [0.15, 0.2) is 0 Å². The highest BCUT2D eigenvalue weighted by atomic mass is 16.6. The van der Waals surface area contributed by atoms with Crippen LogP contribution in [0.2, 0.25) is 0 Å². The van der Waals surface area contributed by atoms with Gasteiger partial charge in [0, 0.05) is 11.6 Å². The molecule has 0 aliphatic carbocycles. The molecule has 1 aromatic rings. The monoisotopic (exact) mass is 323 g/mol. The Morgan fingerprint density at radius 1 is 1.30 bits per heavy atom. The zero-order chi connectivity index (χ0) is 16.8. The van der Waals surface area contributed by atoms with Crippen molar-refractivity contribution >= 4 is 5.69 Å². The van der Waals surface area contributed by atoms with E-state index in [9.17, 15) is 10.1 Å². The van der Waals surface area contributed by atoms with E-state index in [4.69, 9.17) is 9.47 Å². The maximum absolute atomic E-state index is 10.8. The molecule has 1 N–H and O–H groups in total. The van der Waals surface area contributed by atoms with Crippen molar-refractivity contribution in [3.63, 3.8) is 0 Å². The molecule has 0 bridgehead atoms. The quantitative estimate of drug-likeness (QED) is 0.472. The van der Waals surface area contributed by atoms with Crippen molar-refractivity contribution in [2.75, 3.05) is 26.2 Å². The normalized spacial score (nSPS) is 24.4. The third kappa shape index (κ3) is 5.48. The van der Waals surface area contributed by atoms with Gasteiger partial charge in [-0.25, -0.2) is 0 Å². The number of quaternary nitrogens is 1. The van der Waals surface area contributed by atoms with E-state index >= 15 is 0 Å². The van der Waals surface area contributed by atoms with Gasteiger partial charge in [0.25, 0.3) is 5.69 Å². The van der Waals surface area contributed by atoms with Crippen molar-refractivity contribution in [1.82, 2.24) is 0 Å². The molecule has 0 aromatic heterocycles. The Bertz CT molecular complexity index is 525. The highest BCUT2D eigenvalue weighted by Gasteiger charge is 2.24. The minimum Gasteiger partial charge on any atom is -0.494 e. The van der Waals surface area contributed by atoms with E-state index in [1.54, 1.807) is 24.0 Å². The maximum Gasteiger partial charge on any atom is 0.272 e. The standard InChI is InChI=1S/C17H26N2O4/c1-13-10-16(6-7-17(13)19(20)21)22-9-5-4-8-18-11-14(2)23-15(3)12-18/h6-7,10,14-15H,4-5,8-9,11-12H2,1-3H3/p+1/t14-,15+. The molecule has 1 aliphatic heterocycles. The third-order valence-electron chi connectivity index (χ3n) is 4.18. The second kappa shape index (κ2) is 8.26. The first-order valence-electron chi connectivity index (χ1n) is 8.32. The second-order valence-corrected chi connectivity index (χ2v) is 6.43. The Hall–Kier alpha value is -1.66. The molecular formula is C17H27N2O4+. The van der Waals surface area contributed by atoms with Crippen molar-refractivity contribution in [2.45, 2.75) is 45.8 Å². The molecule has 0 amide bonds. The number of hydrogen-bond acceptors (Lipinski definition) is 4. The number of unbranched alkanes of at least 4 members (excludes halogenated alkanes) is 1. The lowest BCUT2D eigenvalue weighted by Gasteiger charge is -2.32. The topological polar surface area (TPSA) is 66.0 Å². The zero-order valence-corrected chi connectivity index (χ0v) is 14.2. The Labute approximate surface area is 137 Å². The average Bonchev–Trinajstić information content (AvgIpc) is 2.45. The van der Waals surface area contributed by atoms with Crippen LogP contribution >= 0.6 is 0 Å². The zero-order valence-electron chi connectivity index (χ0n) is 14.2. The van der Waals surface area contributed by atoms with Crippen molar-refractivity contribution in [1.29, 1.82) is 0 Å². The number of nitrogens with one attached hydrogen (secondary N) is 1. The number of benzene rings is 1. The molecule has 1 aromatic carbocycles. The molecule has 2 rings (SSSR count). The van der Waals surface area contributed by atoms with E-state index in [1.807, 2.05) is 0 Å². The van der Waals surface area contributed by atoms with E-state index < -0.39 is 0 Å².